The monoisotopic (exact) mass is 267 g/mol. The van der Waals surface area contributed by atoms with E-state index in [4.69, 9.17) is 14.3 Å². The number of hydrogen-bond acceptors (Lipinski definition) is 4. The smallest absolute Gasteiger partial charge is 0.274 e. The van der Waals surface area contributed by atoms with Gasteiger partial charge in [0.1, 0.15) is 0 Å². The van der Waals surface area contributed by atoms with E-state index >= 15 is 0 Å². The average Bonchev–Trinajstić information content (AvgIpc) is 2.35. The molecule has 1 amide bonds. The van der Waals surface area contributed by atoms with Crippen LogP contribution in [0.1, 0.15) is 38.1 Å². The molecule has 0 bridgehead atoms. The van der Waals surface area contributed by atoms with Crippen molar-refractivity contribution < 1.29 is 19.1 Å². The summed E-state index contributed by atoms with van der Waals surface area (Å²) in [5.74, 6) is 0.807. The highest BCUT2D eigenvalue weighted by Gasteiger charge is 2.15. The molecule has 0 aliphatic rings. The molecule has 106 valence electrons. The van der Waals surface area contributed by atoms with Crippen LogP contribution in [-0.2, 0) is 4.84 Å². The molecule has 5 heteroatoms. The van der Waals surface area contributed by atoms with Crippen LogP contribution in [0, 0.1) is 0 Å². The number of amides is 1. The van der Waals surface area contributed by atoms with Gasteiger partial charge >= 0.3 is 0 Å². The number of ether oxygens (including phenoxy) is 2. The van der Waals surface area contributed by atoms with Gasteiger partial charge in [0.25, 0.3) is 5.91 Å². The van der Waals surface area contributed by atoms with E-state index in [9.17, 15) is 4.79 Å². The molecule has 0 aliphatic carbocycles. The molecule has 5 nitrogen and oxygen atoms in total. The third-order valence-corrected chi connectivity index (χ3v) is 2.18. The highest BCUT2D eigenvalue weighted by Crippen LogP contribution is 2.28. The Balaban J connectivity index is 2.83. The summed E-state index contributed by atoms with van der Waals surface area (Å²) in [7, 11) is 1.56. The summed E-state index contributed by atoms with van der Waals surface area (Å²) >= 11 is 0. The van der Waals surface area contributed by atoms with E-state index in [1.165, 1.54) is 0 Å². The number of benzene rings is 1. The van der Waals surface area contributed by atoms with Crippen LogP contribution in [0.4, 0.5) is 0 Å². The minimum Gasteiger partial charge on any atom is -0.493 e. The number of carbonyl (C=O) groups excluding carboxylic acids is 1. The molecule has 0 radical (unpaired) electrons. The zero-order valence-electron chi connectivity index (χ0n) is 12.1. The summed E-state index contributed by atoms with van der Waals surface area (Å²) in [6.45, 7) is 7.93. The van der Waals surface area contributed by atoms with Crippen LogP contribution < -0.4 is 15.0 Å². The van der Waals surface area contributed by atoms with Gasteiger partial charge in [-0.1, -0.05) is 0 Å². The van der Waals surface area contributed by atoms with Crippen LogP contribution in [-0.4, -0.2) is 25.2 Å². The largest absolute Gasteiger partial charge is 0.493 e. The fraction of sp³-hybridized carbons (Fsp3) is 0.500. The maximum atomic E-state index is 11.9. The number of rotatable bonds is 5. The summed E-state index contributed by atoms with van der Waals surface area (Å²) < 4.78 is 10.6. The van der Waals surface area contributed by atoms with Gasteiger partial charge in [0.05, 0.1) is 19.3 Å². The summed E-state index contributed by atoms with van der Waals surface area (Å²) in [4.78, 5) is 17.1. The molecule has 0 atom stereocenters. The van der Waals surface area contributed by atoms with E-state index in [1.807, 2.05) is 27.7 Å². The van der Waals surface area contributed by atoms with Crippen LogP contribution in [0.15, 0.2) is 18.2 Å². The van der Waals surface area contributed by atoms with Crippen LogP contribution in [0.5, 0.6) is 11.5 Å². The Hall–Kier alpha value is -1.75. The van der Waals surface area contributed by atoms with Gasteiger partial charge in [0.2, 0.25) is 0 Å². The van der Waals surface area contributed by atoms with E-state index in [0.29, 0.717) is 23.7 Å². The average molecular weight is 267 g/mol. The van der Waals surface area contributed by atoms with Crippen molar-refractivity contribution in [3.8, 4) is 11.5 Å². The van der Waals surface area contributed by atoms with E-state index in [-0.39, 0.29) is 5.91 Å². The van der Waals surface area contributed by atoms with E-state index in [2.05, 4.69) is 5.48 Å². The maximum absolute atomic E-state index is 11.9. The van der Waals surface area contributed by atoms with Crippen molar-refractivity contribution >= 4 is 5.91 Å². The topological polar surface area (TPSA) is 56.8 Å². The molecule has 1 aromatic rings. The van der Waals surface area contributed by atoms with Crippen molar-refractivity contribution in [1.82, 2.24) is 5.48 Å². The molecule has 0 saturated carbocycles. The van der Waals surface area contributed by atoms with Crippen molar-refractivity contribution in [2.24, 2.45) is 0 Å². The van der Waals surface area contributed by atoms with Gasteiger partial charge in [-0.3, -0.25) is 9.63 Å². The quantitative estimate of drug-likeness (QED) is 0.833. The van der Waals surface area contributed by atoms with Crippen molar-refractivity contribution in [2.75, 3.05) is 13.7 Å². The molecular formula is C14H21NO4. The fourth-order valence-corrected chi connectivity index (χ4v) is 1.34. The van der Waals surface area contributed by atoms with Crippen LogP contribution in [0.2, 0.25) is 0 Å². The first kappa shape index (κ1) is 15.3. The molecule has 0 unspecified atom stereocenters. The standard InChI is InChI=1S/C14H21NO4/c1-6-18-12-9-10(7-8-11(12)17-5)13(16)15-19-14(2,3)4/h7-9H,6H2,1-5H3,(H,15,16). The molecule has 1 N–H and O–H groups in total. The number of nitrogens with one attached hydrogen (secondary N) is 1. The van der Waals surface area contributed by atoms with Gasteiger partial charge in [0, 0.05) is 5.56 Å². The second-order valence-electron chi connectivity index (χ2n) is 4.94. The molecular weight excluding hydrogens is 246 g/mol. The zero-order valence-corrected chi connectivity index (χ0v) is 12.1. The van der Waals surface area contributed by atoms with Gasteiger partial charge in [-0.25, -0.2) is 5.48 Å². The van der Waals surface area contributed by atoms with Gasteiger partial charge < -0.3 is 9.47 Å². The first-order valence-corrected chi connectivity index (χ1v) is 6.16. The summed E-state index contributed by atoms with van der Waals surface area (Å²) in [5, 5.41) is 0. The minimum absolute atomic E-state index is 0.321. The molecule has 0 aromatic heterocycles. The number of carbonyl (C=O) groups is 1. The predicted octanol–water partition coefficient (Wildman–Crippen LogP) is 2.55. The Morgan fingerprint density at radius 2 is 1.95 bits per heavy atom. The third kappa shape index (κ3) is 4.79. The van der Waals surface area contributed by atoms with E-state index < -0.39 is 5.60 Å². The summed E-state index contributed by atoms with van der Waals surface area (Å²) in [5.41, 5.74) is 2.42. The molecule has 0 heterocycles. The first-order chi connectivity index (χ1) is 8.87. The third-order valence-electron chi connectivity index (χ3n) is 2.18. The normalized spacial score (nSPS) is 11.0. The molecule has 19 heavy (non-hydrogen) atoms. The molecule has 0 fully saturated rings. The zero-order chi connectivity index (χ0) is 14.5. The molecule has 0 saturated heterocycles. The lowest BCUT2D eigenvalue weighted by atomic mass is 10.2. The first-order valence-electron chi connectivity index (χ1n) is 6.16. The lowest BCUT2D eigenvalue weighted by Crippen LogP contribution is -2.33. The molecule has 0 aliphatic heterocycles. The van der Waals surface area contributed by atoms with Gasteiger partial charge in [-0.2, -0.15) is 0 Å². The van der Waals surface area contributed by atoms with Gasteiger partial charge in [0.15, 0.2) is 11.5 Å². The highest BCUT2D eigenvalue weighted by atomic mass is 16.7. The Morgan fingerprint density at radius 1 is 1.26 bits per heavy atom. The Labute approximate surface area is 113 Å². The fourth-order valence-electron chi connectivity index (χ4n) is 1.34. The van der Waals surface area contributed by atoms with Gasteiger partial charge in [-0.15, -0.1) is 0 Å². The highest BCUT2D eigenvalue weighted by molar-refractivity contribution is 5.94. The summed E-state index contributed by atoms with van der Waals surface area (Å²) in [6.07, 6.45) is 0. The number of hydrogen-bond donors (Lipinski definition) is 1. The van der Waals surface area contributed by atoms with E-state index in [1.54, 1.807) is 25.3 Å². The summed E-state index contributed by atoms with van der Waals surface area (Å²) in [6, 6.07) is 4.98. The van der Waals surface area contributed by atoms with Crippen LogP contribution >= 0.6 is 0 Å². The molecule has 1 aromatic carbocycles. The lowest BCUT2D eigenvalue weighted by molar-refractivity contribution is -0.0589. The van der Waals surface area contributed by atoms with Crippen LogP contribution in [0.25, 0.3) is 0 Å². The van der Waals surface area contributed by atoms with Gasteiger partial charge in [-0.05, 0) is 45.9 Å². The van der Waals surface area contributed by atoms with Crippen molar-refractivity contribution in [2.45, 2.75) is 33.3 Å². The number of methoxy groups -OCH3 is 1. The predicted molar refractivity (Wildman–Crippen MR) is 72.5 cm³/mol. The Bertz CT molecular complexity index is 438. The van der Waals surface area contributed by atoms with Crippen molar-refractivity contribution in [3.63, 3.8) is 0 Å². The van der Waals surface area contributed by atoms with Crippen molar-refractivity contribution in [3.05, 3.63) is 23.8 Å². The molecule has 1 rings (SSSR count). The van der Waals surface area contributed by atoms with E-state index in [0.717, 1.165) is 0 Å². The number of hydroxylamine groups is 1. The minimum atomic E-state index is -0.440. The maximum Gasteiger partial charge on any atom is 0.274 e. The Morgan fingerprint density at radius 3 is 2.47 bits per heavy atom. The van der Waals surface area contributed by atoms with Crippen LogP contribution in [0.3, 0.4) is 0 Å². The second kappa shape index (κ2) is 6.43. The van der Waals surface area contributed by atoms with Crippen molar-refractivity contribution in [1.29, 1.82) is 0 Å². The lowest BCUT2D eigenvalue weighted by Gasteiger charge is -2.19. The second-order valence-corrected chi connectivity index (χ2v) is 4.94. The molecule has 0 spiro atoms. The Kier molecular flexibility index (Phi) is 5.18. The SMILES string of the molecule is CCOc1cc(C(=O)NOC(C)(C)C)ccc1OC.